The molecule has 0 aliphatic heterocycles. The molecule has 5 heteroatoms. The van der Waals surface area contributed by atoms with E-state index < -0.39 is 13.0 Å². The molecule has 13 heavy (non-hydrogen) atoms. The second-order valence-electron chi connectivity index (χ2n) is 2.44. The van der Waals surface area contributed by atoms with Crippen LogP contribution in [0.15, 0.2) is 16.7 Å². The first kappa shape index (κ1) is 10.4. The second-order valence-corrected chi connectivity index (χ2v) is 3.29. The topological polar surface area (TPSA) is 22.1 Å². The fourth-order valence-corrected chi connectivity index (χ4v) is 1.05. The van der Waals surface area contributed by atoms with E-state index in [1.54, 1.807) is 13.0 Å². The van der Waals surface area contributed by atoms with Crippen molar-refractivity contribution in [1.29, 1.82) is 0 Å². The number of pyridine rings is 1. The molecule has 0 radical (unpaired) electrons. The van der Waals surface area contributed by atoms with Gasteiger partial charge in [0.05, 0.1) is 11.9 Å². The number of hydrogen-bond donors (Lipinski definition) is 0. The van der Waals surface area contributed by atoms with Gasteiger partial charge < -0.3 is 4.74 Å². The van der Waals surface area contributed by atoms with E-state index in [9.17, 15) is 8.78 Å². The summed E-state index contributed by atoms with van der Waals surface area (Å²) in [6.45, 7) is 1.21. The van der Waals surface area contributed by atoms with Crippen molar-refractivity contribution in [3.05, 3.63) is 22.4 Å². The van der Waals surface area contributed by atoms with E-state index in [0.717, 1.165) is 10.2 Å². The van der Waals surface area contributed by atoms with Gasteiger partial charge in [-0.2, -0.15) is 0 Å². The summed E-state index contributed by atoms with van der Waals surface area (Å²) in [6, 6.07) is 1.62. The van der Waals surface area contributed by atoms with Crippen LogP contribution in [0.4, 0.5) is 8.78 Å². The molecule has 0 aliphatic carbocycles. The Morgan fingerprint density at radius 1 is 1.62 bits per heavy atom. The maximum Gasteiger partial charge on any atom is 0.272 e. The average molecular weight is 252 g/mol. The molecule has 0 saturated carbocycles. The molecule has 0 spiro atoms. The molecule has 0 unspecified atom stereocenters. The Morgan fingerprint density at radius 2 is 2.31 bits per heavy atom. The standard InChI is InChI=1S/C8H8BrF2NO/c1-5-7(9)2-6(3-12-5)13-4-8(10)11/h2-3,8H,4H2,1H3. The average Bonchev–Trinajstić information content (AvgIpc) is 2.07. The van der Waals surface area contributed by atoms with Crippen molar-refractivity contribution in [1.82, 2.24) is 4.98 Å². The highest BCUT2D eigenvalue weighted by molar-refractivity contribution is 9.10. The molecule has 0 aliphatic rings. The molecule has 1 heterocycles. The number of halogens is 3. The van der Waals surface area contributed by atoms with Gasteiger partial charge in [0.1, 0.15) is 12.4 Å². The van der Waals surface area contributed by atoms with Crippen LogP contribution in [0, 0.1) is 6.92 Å². The molecule has 1 aromatic rings. The van der Waals surface area contributed by atoms with Gasteiger partial charge >= 0.3 is 0 Å². The summed E-state index contributed by atoms with van der Waals surface area (Å²) < 4.78 is 29.0. The summed E-state index contributed by atoms with van der Waals surface area (Å²) in [7, 11) is 0. The minimum absolute atomic E-state index is 0.345. The number of aromatic nitrogens is 1. The monoisotopic (exact) mass is 251 g/mol. The van der Waals surface area contributed by atoms with E-state index in [-0.39, 0.29) is 0 Å². The van der Waals surface area contributed by atoms with E-state index >= 15 is 0 Å². The van der Waals surface area contributed by atoms with Gasteiger partial charge in [-0.1, -0.05) is 0 Å². The molecule has 0 amide bonds. The molecule has 0 bridgehead atoms. The third kappa shape index (κ3) is 3.26. The molecule has 1 aromatic heterocycles. The van der Waals surface area contributed by atoms with E-state index in [1.807, 2.05) is 0 Å². The summed E-state index contributed by atoms with van der Waals surface area (Å²) >= 11 is 3.22. The number of hydrogen-bond acceptors (Lipinski definition) is 2. The summed E-state index contributed by atoms with van der Waals surface area (Å²) in [5.41, 5.74) is 0.796. The van der Waals surface area contributed by atoms with Crippen molar-refractivity contribution in [2.24, 2.45) is 0 Å². The Morgan fingerprint density at radius 3 is 2.85 bits per heavy atom. The number of nitrogens with zero attached hydrogens (tertiary/aromatic N) is 1. The molecule has 0 saturated heterocycles. The smallest absolute Gasteiger partial charge is 0.272 e. The first-order valence-electron chi connectivity index (χ1n) is 3.62. The van der Waals surface area contributed by atoms with Crippen LogP contribution in [0.1, 0.15) is 5.69 Å². The SMILES string of the molecule is Cc1ncc(OCC(F)F)cc1Br. The zero-order valence-corrected chi connectivity index (χ0v) is 8.51. The van der Waals surface area contributed by atoms with Gasteiger partial charge in [-0.05, 0) is 28.9 Å². The van der Waals surface area contributed by atoms with Gasteiger partial charge in [-0.3, -0.25) is 4.98 Å². The Bertz CT molecular complexity index is 293. The van der Waals surface area contributed by atoms with Gasteiger partial charge in [0.2, 0.25) is 0 Å². The Labute approximate surface area is 83.1 Å². The molecular weight excluding hydrogens is 244 g/mol. The van der Waals surface area contributed by atoms with Crippen molar-refractivity contribution in [3.8, 4) is 5.75 Å². The van der Waals surface area contributed by atoms with Gasteiger partial charge in [-0.25, -0.2) is 8.78 Å². The molecule has 0 aromatic carbocycles. The molecule has 1 rings (SSSR count). The number of aryl methyl sites for hydroxylation is 1. The molecule has 2 nitrogen and oxygen atoms in total. The van der Waals surface area contributed by atoms with Crippen LogP contribution in [0.5, 0.6) is 5.75 Å². The molecule has 0 atom stereocenters. The third-order valence-corrected chi connectivity index (χ3v) is 2.18. The van der Waals surface area contributed by atoms with Crippen molar-refractivity contribution in [2.45, 2.75) is 13.3 Å². The van der Waals surface area contributed by atoms with E-state index in [2.05, 4.69) is 20.9 Å². The van der Waals surface area contributed by atoms with Crippen LogP contribution in [0.2, 0.25) is 0 Å². The summed E-state index contributed by atoms with van der Waals surface area (Å²) in [6.07, 6.45) is -1.04. The predicted molar refractivity (Wildman–Crippen MR) is 48.2 cm³/mol. The number of rotatable bonds is 3. The van der Waals surface area contributed by atoms with Crippen LogP contribution in [0.3, 0.4) is 0 Å². The first-order chi connectivity index (χ1) is 6.09. The van der Waals surface area contributed by atoms with Crippen LogP contribution in [-0.4, -0.2) is 18.0 Å². The third-order valence-electron chi connectivity index (χ3n) is 1.38. The fraction of sp³-hybridized carbons (Fsp3) is 0.375. The lowest BCUT2D eigenvalue weighted by Crippen LogP contribution is -2.07. The molecular formula is C8H8BrF2NO. The van der Waals surface area contributed by atoms with Crippen molar-refractivity contribution >= 4 is 15.9 Å². The molecule has 0 fully saturated rings. The minimum Gasteiger partial charge on any atom is -0.486 e. The van der Waals surface area contributed by atoms with E-state index in [0.29, 0.717) is 5.75 Å². The zero-order valence-electron chi connectivity index (χ0n) is 6.93. The fourth-order valence-electron chi connectivity index (χ4n) is 0.727. The first-order valence-corrected chi connectivity index (χ1v) is 4.42. The van der Waals surface area contributed by atoms with E-state index in [1.165, 1.54) is 6.20 Å². The van der Waals surface area contributed by atoms with Gasteiger partial charge in [0.25, 0.3) is 6.43 Å². The second kappa shape index (κ2) is 4.50. The lowest BCUT2D eigenvalue weighted by molar-refractivity contribution is 0.0817. The minimum atomic E-state index is -2.46. The number of ether oxygens (including phenoxy) is 1. The van der Waals surface area contributed by atoms with Crippen LogP contribution in [0.25, 0.3) is 0 Å². The highest BCUT2D eigenvalue weighted by atomic mass is 79.9. The highest BCUT2D eigenvalue weighted by Gasteiger charge is 2.04. The summed E-state index contributed by atoms with van der Waals surface area (Å²) in [5, 5.41) is 0. The highest BCUT2D eigenvalue weighted by Crippen LogP contribution is 2.20. The van der Waals surface area contributed by atoms with E-state index in [4.69, 9.17) is 4.74 Å². The van der Waals surface area contributed by atoms with Crippen molar-refractivity contribution in [3.63, 3.8) is 0 Å². The van der Waals surface area contributed by atoms with Gasteiger partial charge in [0, 0.05) is 4.47 Å². The summed E-state index contributed by atoms with van der Waals surface area (Å²) in [4.78, 5) is 3.94. The predicted octanol–water partition coefficient (Wildman–Crippen LogP) is 2.80. The van der Waals surface area contributed by atoms with Crippen molar-refractivity contribution < 1.29 is 13.5 Å². The quantitative estimate of drug-likeness (QED) is 0.825. The molecule has 0 N–H and O–H groups in total. The lowest BCUT2D eigenvalue weighted by atomic mass is 10.4. The lowest BCUT2D eigenvalue weighted by Gasteiger charge is -2.05. The van der Waals surface area contributed by atoms with Crippen LogP contribution in [-0.2, 0) is 0 Å². The van der Waals surface area contributed by atoms with Gasteiger partial charge in [0.15, 0.2) is 0 Å². The van der Waals surface area contributed by atoms with Crippen LogP contribution >= 0.6 is 15.9 Å². The van der Waals surface area contributed by atoms with Crippen LogP contribution < -0.4 is 4.74 Å². The Kier molecular flexibility index (Phi) is 3.59. The molecule has 72 valence electrons. The van der Waals surface area contributed by atoms with Gasteiger partial charge in [-0.15, -0.1) is 0 Å². The summed E-state index contributed by atoms with van der Waals surface area (Å²) in [5.74, 6) is 0.345. The Balaban J connectivity index is 2.63. The number of alkyl halides is 2. The maximum absolute atomic E-state index is 11.7. The maximum atomic E-state index is 11.7. The normalized spacial score (nSPS) is 10.5. The Hall–Kier alpha value is -0.710. The van der Waals surface area contributed by atoms with Crippen molar-refractivity contribution in [2.75, 3.05) is 6.61 Å². The largest absolute Gasteiger partial charge is 0.486 e. The zero-order chi connectivity index (χ0) is 9.84.